The predicted octanol–water partition coefficient (Wildman–Crippen LogP) is 1.59. The first-order valence-corrected chi connectivity index (χ1v) is 7.04. The highest BCUT2D eigenvalue weighted by Gasteiger charge is 2.05. The molecule has 6 heteroatoms. The van der Waals surface area contributed by atoms with Crippen molar-refractivity contribution in [3.05, 3.63) is 11.1 Å². The Morgan fingerprint density at radius 3 is 2.94 bits per heavy atom. The second kappa shape index (κ2) is 8.05. The van der Waals surface area contributed by atoms with Crippen molar-refractivity contribution >= 4 is 22.4 Å². The second-order valence-electron chi connectivity index (χ2n) is 4.33. The number of nitrogens with one attached hydrogen (secondary N) is 1. The number of thiazole rings is 1. The highest BCUT2D eigenvalue weighted by Crippen LogP contribution is 2.11. The normalized spacial score (nSPS) is 10.8. The van der Waals surface area contributed by atoms with Gasteiger partial charge < -0.3 is 15.8 Å². The quantitative estimate of drug-likeness (QED) is 0.704. The number of nitrogens with two attached hydrogens (primary N) is 1. The molecule has 5 nitrogen and oxygen atoms in total. The number of carbonyl (C=O) groups is 1. The van der Waals surface area contributed by atoms with Crippen LogP contribution in [0.4, 0.5) is 5.13 Å². The molecule has 1 rings (SSSR count). The van der Waals surface area contributed by atoms with Crippen LogP contribution in [0.3, 0.4) is 0 Å². The maximum atomic E-state index is 11.5. The summed E-state index contributed by atoms with van der Waals surface area (Å²) in [7, 11) is 0. The SMILES string of the molecule is CC(C)OCCCCNC(=O)Cc1csc(N)n1. The predicted molar refractivity (Wildman–Crippen MR) is 73.6 cm³/mol. The fourth-order valence-electron chi connectivity index (χ4n) is 1.40. The van der Waals surface area contributed by atoms with Gasteiger partial charge in [0.15, 0.2) is 5.13 Å². The molecule has 102 valence electrons. The Bertz CT molecular complexity index is 366. The summed E-state index contributed by atoms with van der Waals surface area (Å²) in [6, 6.07) is 0. The molecule has 0 unspecified atom stereocenters. The number of hydrogen-bond acceptors (Lipinski definition) is 5. The Morgan fingerprint density at radius 2 is 2.33 bits per heavy atom. The van der Waals surface area contributed by atoms with Gasteiger partial charge in [0.1, 0.15) is 0 Å². The van der Waals surface area contributed by atoms with E-state index in [1.54, 1.807) is 0 Å². The van der Waals surface area contributed by atoms with Crippen molar-refractivity contribution in [3.8, 4) is 0 Å². The van der Waals surface area contributed by atoms with Gasteiger partial charge in [-0.3, -0.25) is 4.79 Å². The number of anilines is 1. The average Bonchev–Trinajstić information content (AvgIpc) is 2.68. The first-order chi connectivity index (χ1) is 8.58. The van der Waals surface area contributed by atoms with Gasteiger partial charge in [-0.1, -0.05) is 0 Å². The topological polar surface area (TPSA) is 77.2 Å². The minimum atomic E-state index is -0.00919. The van der Waals surface area contributed by atoms with Crippen LogP contribution in [0.1, 0.15) is 32.4 Å². The van der Waals surface area contributed by atoms with Crippen LogP contribution in [0, 0.1) is 0 Å². The molecule has 1 amide bonds. The highest BCUT2D eigenvalue weighted by atomic mass is 32.1. The van der Waals surface area contributed by atoms with Crippen molar-refractivity contribution in [2.45, 2.75) is 39.2 Å². The van der Waals surface area contributed by atoms with Gasteiger partial charge in [-0.05, 0) is 26.7 Å². The standard InChI is InChI=1S/C12H21N3O2S/c1-9(2)17-6-4-3-5-14-11(16)7-10-8-18-12(13)15-10/h8-9H,3-7H2,1-2H3,(H2,13,15)(H,14,16). The number of unbranched alkanes of at least 4 members (excludes halogenated alkanes) is 1. The minimum Gasteiger partial charge on any atom is -0.379 e. The number of rotatable bonds is 8. The number of nitrogen functional groups attached to an aromatic ring is 1. The molecular formula is C12H21N3O2S. The zero-order valence-corrected chi connectivity index (χ0v) is 11.8. The fourth-order valence-corrected chi connectivity index (χ4v) is 1.97. The van der Waals surface area contributed by atoms with E-state index in [-0.39, 0.29) is 12.0 Å². The Kier molecular flexibility index (Phi) is 6.67. The first kappa shape index (κ1) is 14.9. The molecule has 0 aromatic carbocycles. The van der Waals surface area contributed by atoms with Crippen LogP contribution in [0.2, 0.25) is 0 Å². The first-order valence-electron chi connectivity index (χ1n) is 6.16. The van der Waals surface area contributed by atoms with Crippen LogP contribution >= 0.6 is 11.3 Å². The van der Waals surface area contributed by atoms with Gasteiger partial charge in [0.25, 0.3) is 0 Å². The molecule has 0 saturated heterocycles. The molecule has 0 bridgehead atoms. The lowest BCUT2D eigenvalue weighted by Gasteiger charge is -2.07. The molecule has 1 aromatic heterocycles. The molecule has 0 saturated carbocycles. The third kappa shape index (κ3) is 6.56. The van der Waals surface area contributed by atoms with Gasteiger partial charge in [-0.25, -0.2) is 4.98 Å². The monoisotopic (exact) mass is 271 g/mol. The molecule has 0 spiro atoms. The zero-order chi connectivity index (χ0) is 13.4. The van der Waals surface area contributed by atoms with E-state index in [9.17, 15) is 4.79 Å². The maximum Gasteiger partial charge on any atom is 0.226 e. The Morgan fingerprint density at radius 1 is 1.56 bits per heavy atom. The van der Waals surface area contributed by atoms with Crippen LogP contribution in [0.25, 0.3) is 0 Å². The Labute approximate surface area is 112 Å². The van der Waals surface area contributed by atoms with E-state index < -0.39 is 0 Å². The number of ether oxygens (including phenoxy) is 1. The number of nitrogens with zero attached hydrogens (tertiary/aromatic N) is 1. The van der Waals surface area contributed by atoms with Crippen molar-refractivity contribution in [1.29, 1.82) is 0 Å². The number of carbonyl (C=O) groups excluding carboxylic acids is 1. The van der Waals surface area contributed by atoms with Crippen molar-refractivity contribution in [1.82, 2.24) is 10.3 Å². The molecular weight excluding hydrogens is 250 g/mol. The van der Waals surface area contributed by atoms with Gasteiger partial charge in [-0.2, -0.15) is 0 Å². The fraction of sp³-hybridized carbons (Fsp3) is 0.667. The van der Waals surface area contributed by atoms with E-state index >= 15 is 0 Å². The van der Waals surface area contributed by atoms with E-state index in [1.807, 2.05) is 19.2 Å². The molecule has 0 aliphatic rings. The molecule has 0 aliphatic carbocycles. The molecule has 0 aliphatic heterocycles. The Balaban J connectivity index is 2.03. The highest BCUT2D eigenvalue weighted by molar-refractivity contribution is 7.13. The summed E-state index contributed by atoms with van der Waals surface area (Å²) in [4.78, 5) is 15.6. The summed E-state index contributed by atoms with van der Waals surface area (Å²) in [6.45, 7) is 5.46. The van der Waals surface area contributed by atoms with Crippen molar-refractivity contribution in [3.63, 3.8) is 0 Å². The smallest absolute Gasteiger partial charge is 0.226 e. The van der Waals surface area contributed by atoms with E-state index in [0.717, 1.165) is 25.1 Å². The van der Waals surface area contributed by atoms with E-state index in [2.05, 4.69) is 10.3 Å². The number of amides is 1. The summed E-state index contributed by atoms with van der Waals surface area (Å²) in [5.74, 6) is -0.00919. The Hall–Kier alpha value is -1.14. The van der Waals surface area contributed by atoms with Crippen LogP contribution < -0.4 is 11.1 Å². The van der Waals surface area contributed by atoms with Gasteiger partial charge in [0.2, 0.25) is 5.91 Å². The van der Waals surface area contributed by atoms with E-state index in [0.29, 0.717) is 18.1 Å². The lowest BCUT2D eigenvalue weighted by molar-refractivity contribution is -0.120. The maximum absolute atomic E-state index is 11.5. The van der Waals surface area contributed by atoms with Crippen LogP contribution in [0.5, 0.6) is 0 Å². The summed E-state index contributed by atoms with van der Waals surface area (Å²) in [5.41, 5.74) is 6.23. The van der Waals surface area contributed by atoms with E-state index in [1.165, 1.54) is 11.3 Å². The lowest BCUT2D eigenvalue weighted by Crippen LogP contribution is -2.26. The van der Waals surface area contributed by atoms with Crippen LogP contribution in [0.15, 0.2) is 5.38 Å². The van der Waals surface area contributed by atoms with Crippen LogP contribution in [-0.2, 0) is 16.0 Å². The molecule has 0 fully saturated rings. The van der Waals surface area contributed by atoms with Gasteiger partial charge in [0, 0.05) is 18.5 Å². The molecule has 3 N–H and O–H groups in total. The minimum absolute atomic E-state index is 0.00919. The second-order valence-corrected chi connectivity index (χ2v) is 5.22. The van der Waals surface area contributed by atoms with Crippen molar-refractivity contribution in [2.24, 2.45) is 0 Å². The summed E-state index contributed by atoms with van der Waals surface area (Å²) in [6.07, 6.45) is 2.46. The molecule has 1 heterocycles. The lowest BCUT2D eigenvalue weighted by atomic mass is 10.3. The molecule has 0 atom stereocenters. The van der Waals surface area contributed by atoms with Gasteiger partial charge in [0.05, 0.1) is 18.2 Å². The third-order valence-electron chi connectivity index (χ3n) is 2.26. The third-order valence-corrected chi connectivity index (χ3v) is 2.98. The molecule has 18 heavy (non-hydrogen) atoms. The summed E-state index contributed by atoms with van der Waals surface area (Å²) < 4.78 is 5.41. The van der Waals surface area contributed by atoms with Crippen molar-refractivity contribution < 1.29 is 9.53 Å². The summed E-state index contributed by atoms with van der Waals surface area (Å²) in [5, 5.41) is 5.17. The number of hydrogen-bond donors (Lipinski definition) is 2. The van der Waals surface area contributed by atoms with Gasteiger partial charge in [-0.15, -0.1) is 11.3 Å². The van der Waals surface area contributed by atoms with Gasteiger partial charge >= 0.3 is 0 Å². The molecule has 1 aromatic rings. The zero-order valence-electron chi connectivity index (χ0n) is 10.9. The number of aromatic nitrogens is 1. The van der Waals surface area contributed by atoms with Crippen LogP contribution in [-0.4, -0.2) is 30.1 Å². The van der Waals surface area contributed by atoms with Crippen molar-refractivity contribution in [2.75, 3.05) is 18.9 Å². The average molecular weight is 271 g/mol. The largest absolute Gasteiger partial charge is 0.379 e. The van der Waals surface area contributed by atoms with E-state index in [4.69, 9.17) is 10.5 Å². The summed E-state index contributed by atoms with van der Waals surface area (Å²) >= 11 is 1.35. The molecule has 0 radical (unpaired) electrons.